The fraction of sp³-hybridized carbons (Fsp3) is 0.643. The van der Waals surface area contributed by atoms with Gasteiger partial charge in [0.15, 0.2) is 0 Å². The van der Waals surface area contributed by atoms with E-state index in [1.807, 2.05) is 27.7 Å². The molecule has 0 spiro atoms. The van der Waals surface area contributed by atoms with E-state index in [2.05, 4.69) is 23.8 Å². The average molecular weight is 254 g/mol. The highest BCUT2D eigenvalue weighted by molar-refractivity contribution is 5.68. The van der Waals surface area contributed by atoms with Crippen molar-refractivity contribution in [3.63, 3.8) is 0 Å². The van der Waals surface area contributed by atoms with Crippen molar-refractivity contribution in [1.82, 2.24) is 10.6 Å². The molecule has 0 aliphatic carbocycles. The van der Waals surface area contributed by atoms with E-state index in [4.69, 9.17) is 4.74 Å². The summed E-state index contributed by atoms with van der Waals surface area (Å²) < 4.78 is 5.23. The molecule has 18 heavy (non-hydrogen) atoms. The monoisotopic (exact) mass is 254 g/mol. The fourth-order valence-electron chi connectivity index (χ4n) is 1.32. The number of hydrogen-bond donors (Lipinski definition) is 2. The minimum Gasteiger partial charge on any atom is -0.444 e. The quantitative estimate of drug-likeness (QED) is 0.542. The Morgan fingerprint density at radius 1 is 1.44 bits per heavy atom. The molecular formula is C14H26N2O2. The number of carbonyl (C=O) groups is 1. The molecule has 2 N–H and O–H groups in total. The van der Waals surface area contributed by atoms with E-state index in [1.165, 1.54) is 0 Å². The predicted molar refractivity (Wildman–Crippen MR) is 75.7 cm³/mol. The molecule has 0 aromatic rings. The summed E-state index contributed by atoms with van der Waals surface area (Å²) in [5.74, 6) is 0. The zero-order valence-corrected chi connectivity index (χ0v) is 12.0. The lowest BCUT2D eigenvalue weighted by atomic mass is 10.1. The third-order valence-electron chi connectivity index (χ3n) is 2.28. The zero-order chi connectivity index (χ0) is 14.2. The van der Waals surface area contributed by atoms with Crippen LogP contribution in [0.5, 0.6) is 0 Å². The second-order valence-electron chi connectivity index (χ2n) is 5.16. The SMILES string of the molecule is C=CCNC[C@@H](NC(=O)OC(C)(C)C)C(=C)CC. The van der Waals surface area contributed by atoms with Gasteiger partial charge in [0.2, 0.25) is 0 Å². The Morgan fingerprint density at radius 3 is 2.50 bits per heavy atom. The fourth-order valence-corrected chi connectivity index (χ4v) is 1.32. The van der Waals surface area contributed by atoms with Crippen LogP contribution in [0.25, 0.3) is 0 Å². The molecule has 0 saturated carbocycles. The normalized spacial score (nSPS) is 12.7. The molecule has 4 heteroatoms. The van der Waals surface area contributed by atoms with Gasteiger partial charge in [-0.25, -0.2) is 4.79 Å². The van der Waals surface area contributed by atoms with Crippen molar-refractivity contribution in [2.24, 2.45) is 0 Å². The number of alkyl carbamates (subject to hydrolysis) is 1. The summed E-state index contributed by atoms with van der Waals surface area (Å²) in [5, 5.41) is 6.00. The number of rotatable bonds is 7. The van der Waals surface area contributed by atoms with E-state index < -0.39 is 11.7 Å². The first-order valence-corrected chi connectivity index (χ1v) is 6.29. The molecule has 1 amide bonds. The molecule has 0 aromatic heterocycles. The van der Waals surface area contributed by atoms with Gasteiger partial charge in [-0.2, -0.15) is 0 Å². The summed E-state index contributed by atoms with van der Waals surface area (Å²) in [4.78, 5) is 11.7. The van der Waals surface area contributed by atoms with Crippen LogP contribution >= 0.6 is 0 Å². The van der Waals surface area contributed by atoms with Crippen molar-refractivity contribution < 1.29 is 9.53 Å². The highest BCUT2D eigenvalue weighted by Crippen LogP contribution is 2.09. The van der Waals surface area contributed by atoms with E-state index >= 15 is 0 Å². The number of ether oxygens (including phenoxy) is 1. The Balaban J connectivity index is 4.35. The van der Waals surface area contributed by atoms with Gasteiger partial charge in [0.1, 0.15) is 5.60 Å². The van der Waals surface area contributed by atoms with Crippen molar-refractivity contribution in [3.05, 3.63) is 24.8 Å². The topological polar surface area (TPSA) is 50.4 Å². The van der Waals surface area contributed by atoms with E-state index in [0.29, 0.717) is 13.1 Å². The van der Waals surface area contributed by atoms with Crippen LogP contribution in [0, 0.1) is 0 Å². The van der Waals surface area contributed by atoms with Crippen LogP contribution in [0.15, 0.2) is 24.8 Å². The van der Waals surface area contributed by atoms with Crippen molar-refractivity contribution in [1.29, 1.82) is 0 Å². The largest absolute Gasteiger partial charge is 0.444 e. The van der Waals surface area contributed by atoms with Crippen LogP contribution in [-0.2, 0) is 4.74 Å². The summed E-state index contributed by atoms with van der Waals surface area (Å²) in [6.07, 6.45) is 2.18. The summed E-state index contributed by atoms with van der Waals surface area (Å²) in [6.45, 7) is 16.5. The lowest BCUT2D eigenvalue weighted by Gasteiger charge is -2.24. The molecule has 0 unspecified atom stereocenters. The molecule has 4 nitrogen and oxygen atoms in total. The number of nitrogens with one attached hydrogen (secondary N) is 2. The van der Waals surface area contributed by atoms with Gasteiger partial charge >= 0.3 is 6.09 Å². The maximum Gasteiger partial charge on any atom is 0.408 e. The van der Waals surface area contributed by atoms with Crippen molar-refractivity contribution in [2.45, 2.75) is 45.8 Å². The molecule has 0 heterocycles. The maximum absolute atomic E-state index is 11.7. The second kappa shape index (κ2) is 7.93. The zero-order valence-electron chi connectivity index (χ0n) is 12.0. The molecule has 104 valence electrons. The Kier molecular flexibility index (Phi) is 7.36. The molecule has 0 aliphatic rings. The van der Waals surface area contributed by atoms with Gasteiger partial charge in [0.05, 0.1) is 6.04 Å². The molecule has 0 fully saturated rings. The van der Waals surface area contributed by atoms with Gasteiger partial charge in [-0.3, -0.25) is 0 Å². The third kappa shape index (κ3) is 7.90. The second-order valence-corrected chi connectivity index (χ2v) is 5.16. The van der Waals surface area contributed by atoms with Gasteiger partial charge in [-0.15, -0.1) is 6.58 Å². The lowest BCUT2D eigenvalue weighted by molar-refractivity contribution is 0.0511. The highest BCUT2D eigenvalue weighted by Gasteiger charge is 2.20. The third-order valence-corrected chi connectivity index (χ3v) is 2.28. The van der Waals surface area contributed by atoms with Gasteiger partial charge in [-0.1, -0.05) is 25.2 Å². The van der Waals surface area contributed by atoms with Gasteiger partial charge in [-0.05, 0) is 27.2 Å². The van der Waals surface area contributed by atoms with Gasteiger partial charge in [0, 0.05) is 13.1 Å². The van der Waals surface area contributed by atoms with Crippen LogP contribution in [0.3, 0.4) is 0 Å². The highest BCUT2D eigenvalue weighted by atomic mass is 16.6. The van der Waals surface area contributed by atoms with Gasteiger partial charge in [0.25, 0.3) is 0 Å². The minimum absolute atomic E-state index is 0.121. The van der Waals surface area contributed by atoms with Crippen LogP contribution in [-0.4, -0.2) is 30.8 Å². The van der Waals surface area contributed by atoms with Crippen LogP contribution in [0.4, 0.5) is 4.79 Å². The smallest absolute Gasteiger partial charge is 0.408 e. The minimum atomic E-state index is -0.489. The standard InChI is InChI=1S/C14H26N2O2/c1-7-9-15-10-12(11(3)8-2)16-13(17)18-14(4,5)6/h7,12,15H,1,3,8-10H2,2,4-6H3,(H,16,17)/t12-/m1/s1. The van der Waals surface area contributed by atoms with Crippen LogP contribution in [0.2, 0.25) is 0 Å². The Hall–Kier alpha value is -1.29. The summed E-state index contributed by atoms with van der Waals surface area (Å²) >= 11 is 0. The number of hydrogen-bond acceptors (Lipinski definition) is 3. The molecule has 0 saturated heterocycles. The van der Waals surface area contributed by atoms with E-state index in [0.717, 1.165) is 12.0 Å². The predicted octanol–water partition coefficient (Wildman–Crippen LogP) is 2.62. The molecular weight excluding hydrogens is 228 g/mol. The summed E-state index contributed by atoms with van der Waals surface area (Å²) in [7, 11) is 0. The van der Waals surface area contributed by atoms with Crippen molar-refractivity contribution in [3.8, 4) is 0 Å². The Bertz CT molecular complexity index is 293. The lowest BCUT2D eigenvalue weighted by Crippen LogP contribution is -2.45. The van der Waals surface area contributed by atoms with Crippen molar-refractivity contribution in [2.75, 3.05) is 13.1 Å². The summed E-state index contributed by atoms with van der Waals surface area (Å²) in [5.41, 5.74) is 0.480. The molecule has 0 bridgehead atoms. The Labute approximate surface area is 110 Å². The Morgan fingerprint density at radius 2 is 2.06 bits per heavy atom. The molecule has 0 aliphatic heterocycles. The van der Waals surface area contributed by atoms with Crippen LogP contribution in [0.1, 0.15) is 34.1 Å². The average Bonchev–Trinajstić information content (AvgIpc) is 2.24. The van der Waals surface area contributed by atoms with Crippen LogP contribution < -0.4 is 10.6 Å². The van der Waals surface area contributed by atoms with E-state index in [1.54, 1.807) is 6.08 Å². The molecule has 0 rings (SSSR count). The van der Waals surface area contributed by atoms with Crippen molar-refractivity contribution >= 4 is 6.09 Å². The van der Waals surface area contributed by atoms with Gasteiger partial charge < -0.3 is 15.4 Å². The van der Waals surface area contributed by atoms with E-state index in [9.17, 15) is 4.79 Å². The molecule has 0 radical (unpaired) electrons. The molecule has 0 aromatic carbocycles. The summed E-state index contributed by atoms with van der Waals surface area (Å²) in [6, 6.07) is -0.121. The first-order valence-electron chi connectivity index (χ1n) is 6.29. The first kappa shape index (κ1) is 16.7. The number of amides is 1. The maximum atomic E-state index is 11.7. The number of carbonyl (C=O) groups excluding carboxylic acids is 1. The van der Waals surface area contributed by atoms with E-state index in [-0.39, 0.29) is 6.04 Å². The molecule has 1 atom stereocenters. The first-order chi connectivity index (χ1) is 8.30.